The summed E-state index contributed by atoms with van der Waals surface area (Å²) in [5.41, 5.74) is 2.04. The lowest BCUT2D eigenvalue weighted by atomic mass is 10.1. The number of hydrogen-bond donors (Lipinski definition) is 0. The summed E-state index contributed by atoms with van der Waals surface area (Å²) in [4.78, 5) is 1.95. The molecule has 1 saturated carbocycles. The van der Waals surface area contributed by atoms with E-state index in [2.05, 4.69) is 10.2 Å². The zero-order chi connectivity index (χ0) is 10.8. The van der Waals surface area contributed by atoms with Crippen molar-refractivity contribution >= 4 is 11.0 Å². The molecule has 1 fully saturated rings. The van der Waals surface area contributed by atoms with Crippen LogP contribution >= 0.6 is 0 Å². The maximum Gasteiger partial charge on any atom is 0.113 e. The van der Waals surface area contributed by atoms with Crippen molar-refractivity contribution in [3.63, 3.8) is 0 Å². The van der Waals surface area contributed by atoms with E-state index in [1.807, 2.05) is 29.1 Å². The van der Waals surface area contributed by atoms with Crippen molar-refractivity contribution in [2.24, 2.45) is 0 Å². The highest BCUT2D eigenvalue weighted by atomic mass is 15.5. The van der Waals surface area contributed by atoms with Gasteiger partial charge in [0.25, 0.3) is 0 Å². The predicted molar refractivity (Wildman–Crippen MR) is 64.3 cm³/mol. The lowest BCUT2D eigenvalue weighted by Crippen LogP contribution is -2.11. The van der Waals surface area contributed by atoms with Crippen molar-refractivity contribution in [1.29, 1.82) is 0 Å². The molecule has 0 saturated heterocycles. The third kappa shape index (κ3) is 1.82. The van der Waals surface area contributed by atoms with Crippen LogP contribution in [0.4, 0.5) is 0 Å². The van der Waals surface area contributed by atoms with Gasteiger partial charge < -0.3 is 0 Å². The Balaban J connectivity index is 1.92. The smallest absolute Gasteiger partial charge is 0.113 e. The van der Waals surface area contributed by atoms with Crippen molar-refractivity contribution in [2.75, 3.05) is 0 Å². The topological polar surface area (TPSA) is 30.7 Å². The largest absolute Gasteiger partial charge is 0.181 e. The van der Waals surface area contributed by atoms with Crippen LogP contribution in [0, 0.1) is 0 Å². The molecule has 1 aliphatic carbocycles. The molecule has 2 aromatic rings. The van der Waals surface area contributed by atoms with Gasteiger partial charge in [0.2, 0.25) is 0 Å². The first-order chi connectivity index (χ1) is 7.93. The Bertz CT molecular complexity index is 434. The summed E-state index contributed by atoms with van der Waals surface area (Å²) in [5, 5.41) is 9.17. The minimum Gasteiger partial charge on any atom is -0.181 e. The van der Waals surface area contributed by atoms with Crippen molar-refractivity contribution in [2.45, 2.75) is 44.6 Å². The molecule has 0 radical (unpaired) electrons. The van der Waals surface area contributed by atoms with E-state index in [0.717, 1.165) is 11.0 Å². The van der Waals surface area contributed by atoms with Gasteiger partial charge in [0.1, 0.15) is 11.0 Å². The molecule has 0 spiro atoms. The van der Waals surface area contributed by atoms with Gasteiger partial charge in [0.15, 0.2) is 0 Å². The predicted octanol–water partition coefficient (Wildman–Crippen LogP) is 3.33. The Kier molecular flexibility index (Phi) is 2.60. The van der Waals surface area contributed by atoms with Crippen LogP contribution < -0.4 is 0 Å². The van der Waals surface area contributed by atoms with E-state index in [0.29, 0.717) is 6.04 Å². The summed E-state index contributed by atoms with van der Waals surface area (Å²) in [6, 6.07) is 8.64. The highest BCUT2D eigenvalue weighted by Crippen LogP contribution is 2.26. The number of fused-ring (bicyclic) bond motifs is 1. The monoisotopic (exact) mass is 215 g/mol. The van der Waals surface area contributed by atoms with Crippen LogP contribution in [-0.4, -0.2) is 15.0 Å². The van der Waals surface area contributed by atoms with Gasteiger partial charge in [-0.25, -0.2) is 0 Å². The number of nitrogens with zero attached hydrogens (tertiary/aromatic N) is 3. The molecule has 0 amide bonds. The van der Waals surface area contributed by atoms with Gasteiger partial charge in [0.05, 0.1) is 6.04 Å². The van der Waals surface area contributed by atoms with Crippen LogP contribution in [0.3, 0.4) is 0 Å². The summed E-state index contributed by atoms with van der Waals surface area (Å²) in [5.74, 6) is 0. The molecule has 3 rings (SSSR count). The van der Waals surface area contributed by atoms with Crippen molar-refractivity contribution in [3.8, 4) is 0 Å². The molecule has 0 unspecified atom stereocenters. The molecule has 0 atom stereocenters. The first-order valence-corrected chi connectivity index (χ1v) is 6.25. The van der Waals surface area contributed by atoms with Gasteiger partial charge in [-0.05, 0) is 25.0 Å². The zero-order valence-electron chi connectivity index (χ0n) is 9.47. The van der Waals surface area contributed by atoms with E-state index in [-0.39, 0.29) is 0 Å². The van der Waals surface area contributed by atoms with Crippen molar-refractivity contribution < 1.29 is 0 Å². The fourth-order valence-corrected chi connectivity index (χ4v) is 2.53. The minimum absolute atomic E-state index is 0.523. The quantitative estimate of drug-likeness (QED) is 0.683. The molecule has 3 heteroatoms. The summed E-state index contributed by atoms with van der Waals surface area (Å²) in [7, 11) is 0. The van der Waals surface area contributed by atoms with Gasteiger partial charge in [-0.1, -0.05) is 37.8 Å². The van der Waals surface area contributed by atoms with Crippen LogP contribution in [0.5, 0.6) is 0 Å². The van der Waals surface area contributed by atoms with Crippen LogP contribution in [-0.2, 0) is 0 Å². The Morgan fingerprint density at radius 1 is 0.875 bits per heavy atom. The Morgan fingerprint density at radius 2 is 1.44 bits per heavy atom. The van der Waals surface area contributed by atoms with Crippen LogP contribution in [0.2, 0.25) is 0 Å². The van der Waals surface area contributed by atoms with Crippen molar-refractivity contribution in [1.82, 2.24) is 15.0 Å². The lowest BCUT2D eigenvalue weighted by molar-refractivity contribution is 0.367. The molecule has 1 aromatic carbocycles. The molecule has 0 N–H and O–H groups in total. The van der Waals surface area contributed by atoms with Crippen molar-refractivity contribution in [3.05, 3.63) is 24.3 Å². The summed E-state index contributed by atoms with van der Waals surface area (Å²) >= 11 is 0. The SMILES string of the molecule is c1ccc2nn(C3CCCCCC3)nc2c1. The molecule has 1 aliphatic rings. The summed E-state index contributed by atoms with van der Waals surface area (Å²) in [6.07, 6.45) is 7.86. The van der Waals surface area contributed by atoms with E-state index in [1.165, 1.54) is 38.5 Å². The van der Waals surface area contributed by atoms with Gasteiger partial charge in [-0.3, -0.25) is 0 Å². The maximum atomic E-state index is 4.58. The maximum absolute atomic E-state index is 4.58. The second-order valence-corrected chi connectivity index (χ2v) is 4.65. The lowest BCUT2D eigenvalue weighted by Gasteiger charge is -2.11. The first kappa shape index (κ1) is 9.82. The van der Waals surface area contributed by atoms with E-state index in [1.54, 1.807) is 0 Å². The molecule has 3 nitrogen and oxygen atoms in total. The van der Waals surface area contributed by atoms with E-state index < -0.39 is 0 Å². The van der Waals surface area contributed by atoms with Crippen LogP contribution in [0.1, 0.15) is 44.6 Å². The Hall–Kier alpha value is -1.38. The average Bonchev–Trinajstić information content (AvgIpc) is 2.56. The van der Waals surface area contributed by atoms with Crippen LogP contribution in [0.25, 0.3) is 11.0 Å². The van der Waals surface area contributed by atoms with Crippen LogP contribution in [0.15, 0.2) is 24.3 Å². The van der Waals surface area contributed by atoms with Gasteiger partial charge >= 0.3 is 0 Å². The fourth-order valence-electron chi connectivity index (χ4n) is 2.53. The third-order valence-electron chi connectivity index (χ3n) is 3.45. The Morgan fingerprint density at radius 3 is 2.00 bits per heavy atom. The summed E-state index contributed by atoms with van der Waals surface area (Å²) < 4.78 is 0. The molecule has 84 valence electrons. The fraction of sp³-hybridized carbons (Fsp3) is 0.538. The molecule has 1 aromatic heterocycles. The number of benzene rings is 1. The van der Waals surface area contributed by atoms with E-state index in [9.17, 15) is 0 Å². The second kappa shape index (κ2) is 4.24. The molecular weight excluding hydrogens is 198 g/mol. The van der Waals surface area contributed by atoms with Gasteiger partial charge in [-0.2, -0.15) is 15.0 Å². The molecular formula is C13H17N3. The number of hydrogen-bond acceptors (Lipinski definition) is 2. The van der Waals surface area contributed by atoms with Gasteiger partial charge in [-0.15, -0.1) is 0 Å². The second-order valence-electron chi connectivity index (χ2n) is 4.65. The number of rotatable bonds is 1. The Labute approximate surface area is 95.5 Å². The highest BCUT2D eigenvalue weighted by Gasteiger charge is 2.16. The highest BCUT2D eigenvalue weighted by molar-refractivity contribution is 5.72. The molecule has 1 heterocycles. The van der Waals surface area contributed by atoms with E-state index in [4.69, 9.17) is 0 Å². The molecule has 0 aliphatic heterocycles. The summed E-state index contributed by atoms with van der Waals surface area (Å²) in [6.45, 7) is 0. The average molecular weight is 215 g/mol. The first-order valence-electron chi connectivity index (χ1n) is 6.25. The normalized spacial score (nSPS) is 18.8. The van der Waals surface area contributed by atoms with E-state index >= 15 is 0 Å². The minimum atomic E-state index is 0.523. The third-order valence-corrected chi connectivity index (χ3v) is 3.45. The molecule has 0 bridgehead atoms. The standard InChI is InChI=1S/C13H17N3/c1-2-4-8-11(7-3-1)16-14-12-9-5-6-10-13(12)15-16/h5-6,9-11H,1-4,7-8H2. The number of aromatic nitrogens is 3. The molecule has 16 heavy (non-hydrogen) atoms. The zero-order valence-corrected chi connectivity index (χ0v) is 9.47. The van der Waals surface area contributed by atoms with Gasteiger partial charge in [0, 0.05) is 0 Å².